The van der Waals surface area contributed by atoms with Gasteiger partial charge in [0.1, 0.15) is 5.54 Å². The maximum atomic E-state index is 11.1. The first-order valence-corrected chi connectivity index (χ1v) is 5.65. The Hall–Kier alpha value is -0.220. The molecule has 78 valence electrons. The summed E-state index contributed by atoms with van der Waals surface area (Å²) in [5, 5.41) is 0. The number of hydrogen-bond donors (Lipinski definition) is 1. The average molecular weight is 205 g/mol. The van der Waals surface area contributed by atoms with Crippen LogP contribution in [-0.2, 0) is 9.53 Å². The predicted molar refractivity (Wildman–Crippen MR) is 56.8 cm³/mol. The fourth-order valence-electron chi connectivity index (χ4n) is 0.866. The van der Waals surface area contributed by atoms with E-state index in [2.05, 4.69) is 11.7 Å². The van der Waals surface area contributed by atoms with Crippen LogP contribution in [0.25, 0.3) is 0 Å². The molecule has 0 aromatic carbocycles. The van der Waals surface area contributed by atoms with E-state index in [1.807, 2.05) is 11.8 Å². The average Bonchev–Trinajstić information content (AvgIpc) is 2.11. The Morgan fingerprint density at radius 1 is 1.54 bits per heavy atom. The van der Waals surface area contributed by atoms with E-state index < -0.39 is 5.54 Å². The first-order valence-electron chi connectivity index (χ1n) is 4.49. The monoisotopic (exact) mass is 205 g/mol. The molecule has 0 spiro atoms. The number of hydrogen-bond acceptors (Lipinski definition) is 4. The Kier molecular flexibility index (Phi) is 6.16. The highest BCUT2D eigenvalue weighted by atomic mass is 32.2. The summed E-state index contributed by atoms with van der Waals surface area (Å²) >= 11 is 1.82. The minimum Gasteiger partial charge on any atom is -0.468 e. The molecule has 0 aliphatic heterocycles. The van der Waals surface area contributed by atoms with Crippen molar-refractivity contribution in [1.29, 1.82) is 0 Å². The first kappa shape index (κ1) is 12.8. The van der Waals surface area contributed by atoms with Crippen LogP contribution in [0.5, 0.6) is 0 Å². The SMILES string of the molecule is CCCSCCC(C)(N)C(=O)OC. The van der Waals surface area contributed by atoms with E-state index in [4.69, 9.17) is 5.73 Å². The number of carbonyl (C=O) groups is 1. The quantitative estimate of drug-likeness (QED) is 0.526. The molecular weight excluding hydrogens is 186 g/mol. The molecule has 0 amide bonds. The summed E-state index contributed by atoms with van der Waals surface area (Å²) in [6.45, 7) is 3.85. The minimum absolute atomic E-state index is 0.329. The van der Waals surface area contributed by atoms with Crippen LogP contribution >= 0.6 is 11.8 Å². The Labute approximate surface area is 84.4 Å². The Morgan fingerprint density at radius 2 is 2.15 bits per heavy atom. The van der Waals surface area contributed by atoms with Crippen molar-refractivity contribution in [2.45, 2.75) is 32.2 Å². The van der Waals surface area contributed by atoms with Crippen LogP contribution < -0.4 is 5.73 Å². The molecule has 0 aliphatic rings. The van der Waals surface area contributed by atoms with Gasteiger partial charge >= 0.3 is 5.97 Å². The zero-order valence-electron chi connectivity index (χ0n) is 8.63. The molecule has 0 radical (unpaired) electrons. The number of rotatable bonds is 6. The number of carbonyl (C=O) groups excluding carboxylic acids is 1. The molecule has 4 heteroatoms. The summed E-state index contributed by atoms with van der Waals surface area (Å²) in [5.41, 5.74) is 4.94. The van der Waals surface area contributed by atoms with Gasteiger partial charge in [-0.2, -0.15) is 11.8 Å². The Morgan fingerprint density at radius 3 is 2.62 bits per heavy atom. The van der Waals surface area contributed by atoms with Crippen molar-refractivity contribution in [3.63, 3.8) is 0 Å². The summed E-state index contributed by atoms with van der Waals surface area (Å²) in [6.07, 6.45) is 1.83. The summed E-state index contributed by atoms with van der Waals surface area (Å²) in [5.74, 6) is 1.71. The van der Waals surface area contributed by atoms with Crippen LogP contribution in [0.4, 0.5) is 0 Å². The standard InChI is InChI=1S/C9H19NO2S/c1-4-6-13-7-5-9(2,10)8(11)12-3/h4-7,10H2,1-3H3. The zero-order chi connectivity index (χ0) is 10.3. The van der Waals surface area contributed by atoms with Crippen LogP contribution in [0.15, 0.2) is 0 Å². The van der Waals surface area contributed by atoms with E-state index in [0.717, 1.165) is 17.9 Å². The highest BCUT2D eigenvalue weighted by Gasteiger charge is 2.28. The molecule has 0 bridgehead atoms. The number of esters is 1. The van der Waals surface area contributed by atoms with Gasteiger partial charge in [-0.05, 0) is 31.3 Å². The number of ether oxygens (including phenoxy) is 1. The lowest BCUT2D eigenvalue weighted by molar-refractivity contribution is -0.146. The molecule has 3 nitrogen and oxygen atoms in total. The molecular formula is C9H19NO2S. The Bertz CT molecular complexity index is 160. The van der Waals surface area contributed by atoms with Crippen molar-refractivity contribution in [2.75, 3.05) is 18.6 Å². The van der Waals surface area contributed by atoms with Crippen LogP contribution in [0.1, 0.15) is 26.7 Å². The summed E-state index contributed by atoms with van der Waals surface area (Å²) in [6, 6.07) is 0. The topological polar surface area (TPSA) is 52.3 Å². The number of thioether (sulfide) groups is 1. The van der Waals surface area contributed by atoms with Gasteiger partial charge in [-0.1, -0.05) is 6.92 Å². The third kappa shape index (κ3) is 5.16. The minimum atomic E-state index is -0.824. The van der Waals surface area contributed by atoms with Crippen molar-refractivity contribution in [3.05, 3.63) is 0 Å². The second-order valence-corrected chi connectivity index (χ2v) is 4.50. The summed E-state index contributed by atoms with van der Waals surface area (Å²) in [4.78, 5) is 11.1. The highest BCUT2D eigenvalue weighted by Crippen LogP contribution is 2.13. The van der Waals surface area contributed by atoms with Gasteiger partial charge in [-0.15, -0.1) is 0 Å². The number of methoxy groups -OCH3 is 1. The molecule has 0 aromatic rings. The van der Waals surface area contributed by atoms with Crippen molar-refractivity contribution in [3.8, 4) is 0 Å². The molecule has 0 saturated carbocycles. The van der Waals surface area contributed by atoms with E-state index in [1.54, 1.807) is 6.92 Å². The van der Waals surface area contributed by atoms with E-state index >= 15 is 0 Å². The van der Waals surface area contributed by atoms with E-state index in [0.29, 0.717) is 6.42 Å². The lowest BCUT2D eigenvalue weighted by Gasteiger charge is -2.20. The van der Waals surface area contributed by atoms with E-state index in [1.165, 1.54) is 7.11 Å². The number of nitrogens with two attached hydrogens (primary N) is 1. The lowest BCUT2D eigenvalue weighted by Crippen LogP contribution is -2.46. The van der Waals surface area contributed by atoms with Crippen molar-refractivity contribution >= 4 is 17.7 Å². The summed E-state index contributed by atoms with van der Waals surface area (Å²) in [7, 11) is 1.37. The van der Waals surface area contributed by atoms with Gasteiger partial charge in [0.25, 0.3) is 0 Å². The van der Waals surface area contributed by atoms with Gasteiger partial charge in [-0.3, -0.25) is 4.79 Å². The molecule has 0 fully saturated rings. The van der Waals surface area contributed by atoms with Gasteiger partial charge in [0.2, 0.25) is 0 Å². The highest BCUT2D eigenvalue weighted by molar-refractivity contribution is 7.99. The van der Waals surface area contributed by atoms with Crippen LogP contribution in [-0.4, -0.2) is 30.1 Å². The summed E-state index contributed by atoms with van der Waals surface area (Å²) < 4.78 is 4.60. The van der Waals surface area contributed by atoms with Gasteiger partial charge < -0.3 is 10.5 Å². The van der Waals surface area contributed by atoms with Gasteiger partial charge in [0.15, 0.2) is 0 Å². The smallest absolute Gasteiger partial charge is 0.325 e. The lowest BCUT2D eigenvalue weighted by atomic mass is 10.0. The third-order valence-electron chi connectivity index (χ3n) is 1.77. The fourth-order valence-corrected chi connectivity index (χ4v) is 1.93. The van der Waals surface area contributed by atoms with Gasteiger partial charge in [0, 0.05) is 0 Å². The van der Waals surface area contributed by atoms with Crippen molar-refractivity contribution < 1.29 is 9.53 Å². The molecule has 2 N–H and O–H groups in total. The van der Waals surface area contributed by atoms with Crippen molar-refractivity contribution in [1.82, 2.24) is 0 Å². The maximum absolute atomic E-state index is 11.1. The molecule has 0 rings (SSSR count). The molecule has 13 heavy (non-hydrogen) atoms. The largest absolute Gasteiger partial charge is 0.468 e. The van der Waals surface area contributed by atoms with Crippen LogP contribution in [0.2, 0.25) is 0 Å². The zero-order valence-corrected chi connectivity index (χ0v) is 9.45. The first-order chi connectivity index (χ1) is 6.04. The van der Waals surface area contributed by atoms with Crippen LogP contribution in [0.3, 0.4) is 0 Å². The van der Waals surface area contributed by atoms with Gasteiger partial charge in [0.05, 0.1) is 7.11 Å². The molecule has 1 unspecified atom stereocenters. The normalized spacial score (nSPS) is 15.1. The van der Waals surface area contributed by atoms with E-state index in [-0.39, 0.29) is 5.97 Å². The third-order valence-corrected chi connectivity index (χ3v) is 2.96. The molecule has 0 aliphatic carbocycles. The Balaban J connectivity index is 3.69. The molecule has 0 saturated heterocycles. The second kappa shape index (κ2) is 6.27. The van der Waals surface area contributed by atoms with E-state index in [9.17, 15) is 4.79 Å². The second-order valence-electron chi connectivity index (χ2n) is 3.27. The van der Waals surface area contributed by atoms with Crippen LogP contribution in [0, 0.1) is 0 Å². The van der Waals surface area contributed by atoms with Crippen molar-refractivity contribution in [2.24, 2.45) is 5.73 Å². The maximum Gasteiger partial charge on any atom is 0.325 e. The molecule has 0 heterocycles. The van der Waals surface area contributed by atoms with Gasteiger partial charge in [-0.25, -0.2) is 0 Å². The fraction of sp³-hybridized carbons (Fsp3) is 0.889. The predicted octanol–water partition coefficient (Wildman–Crippen LogP) is 1.41. The molecule has 1 atom stereocenters. The molecule has 0 aromatic heterocycles.